The topological polar surface area (TPSA) is 20.2 Å². The van der Waals surface area contributed by atoms with E-state index in [9.17, 15) is 18.3 Å². The quantitative estimate of drug-likeness (QED) is 0.624. The predicted molar refractivity (Wildman–Crippen MR) is 84.6 cm³/mol. The third kappa shape index (κ3) is 3.35. The predicted octanol–water partition coefficient (Wildman–Crippen LogP) is 5.29. The first kappa shape index (κ1) is 15.5. The van der Waals surface area contributed by atoms with Crippen LogP contribution in [0, 0.1) is 17.5 Å². The molecule has 0 bridgehead atoms. The molecular formula is C18H13F3OS. The first-order valence-electron chi connectivity index (χ1n) is 6.84. The van der Waals surface area contributed by atoms with Crippen LogP contribution in [0.2, 0.25) is 0 Å². The maximum absolute atomic E-state index is 13.7. The Morgan fingerprint density at radius 2 is 1.04 bits per heavy atom. The molecule has 0 aliphatic rings. The van der Waals surface area contributed by atoms with Crippen LogP contribution in [0.3, 0.4) is 0 Å². The number of aromatic hydroxyl groups is 1. The van der Waals surface area contributed by atoms with E-state index in [1.54, 1.807) is 30.3 Å². The zero-order chi connectivity index (χ0) is 16.4. The molecule has 1 N–H and O–H groups in total. The van der Waals surface area contributed by atoms with Crippen LogP contribution in [0.4, 0.5) is 13.2 Å². The van der Waals surface area contributed by atoms with Gasteiger partial charge in [-0.2, -0.15) is 10.9 Å². The summed E-state index contributed by atoms with van der Waals surface area (Å²) in [6.45, 7) is 0. The summed E-state index contributed by atoms with van der Waals surface area (Å²) in [6.07, 6.45) is 0. The second-order valence-electron chi connectivity index (χ2n) is 4.92. The van der Waals surface area contributed by atoms with Gasteiger partial charge in [-0.15, -0.1) is 0 Å². The van der Waals surface area contributed by atoms with E-state index in [1.807, 2.05) is 0 Å². The normalized spacial score (nSPS) is 11.3. The molecule has 0 aliphatic carbocycles. The van der Waals surface area contributed by atoms with Gasteiger partial charge in [0.15, 0.2) is 11.6 Å². The minimum absolute atomic E-state index is 0.361. The van der Waals surface area contributed by atoms with E-state index in [2.05, 4.69) is 0 Å². The van der Waals surface area contributed by atoms with E-state index in [0.717, 1.165) is 9.79 Å². The Morgan fingerprint density at radius 3 is 1.48 bits per heavy atom. The molecule has 0 atom stereocenters. The van der Waals surface area contributed by atoms with Crippen LogP contribution < -0.4 is 0 Å². The third-order valence-electron chi connectivity index (χ3n) is 3.36. The van der Waals surface area contributed by atoms with Crippen LogP contribution in [0.1, 0.15) is 0 Å². The van der Waals surface area contributed by atoms with E-state index in [0.29, 0.717) is 4.90 Å². The number of thiol groups is 1. The summed E-state index contributed by atoms with van der Waals surface area (Å²) < 4.78 is 40.1. The summed E-state index contributed by atoms with van der Waals surface area (Å²) in [5, 5.41) is 9.37. The summed E-state index contributed by atoms with van der Waals surface area (Å²) in [5.41, 5.74) is 0. The molecule has 118 valence electrons. The number of phenols is 1. The summed E-state index contributed by atoms with van der Waals surface area (Å²) in [6, 6.07) is 16.1. The Balaban J connectivity index is 2.14. The molecule has 5 heteroatoms. The monoisotopic (exact) mass is 334 g/mol. The molecule has 0 aliphatic heterocycles. The molecule has 0 spiro atoms. The molecule has 3 aromatic carbocycles. The Labute approximate surface area is 134 Å². The maximum atomic E-state index is 13.7. The molecule has 0 fully saturated rings. The van der Waals surface area contributed by atoms with Gasteiger partial charge in [-0.3, -0.25) is 0 Å². The maximum Gasteiger partial charge on any atom is 0.165 e. The van der Waals surface area contributed by atoms with Crippen molar-refractivity contribution in [1.82, 2.24) is 0 Å². The van der Waals surface area contributed by atoms with Gasteiger partial charge in [-0.25, -0.2) is 13.2 Å². The second kappa shape index (κ2) is 6.38. The van der Waals surface area contributed by atoms with Crippen molar-refractivity contribution >= 4 is 10.9 Å². The lowest BCUT2D eigenvalue weighted by atomic mass is 10.3. The van der Waals surface area contributed by atoms with Crippen molar-refractivity contribution in [3.63, 3.8) is 0 Å². The Kier molecular flexibility index (Phi) is 4.30. The first-order chi connectivity index (χ1) is 11.0. The highest BCUT2D eigenvalue weighted by molar-refractivity contribution is 8.17. The fraction of sp³-hybridized carbons (Fsp3) is 0. The standard InChI is InChI=1S/C18H13F3OS/c19-12-1-5-14(6-2-12)23(15-7-3-13(20)4-8-15)16-9-10-18(22)17(21)11-16/h1-11,22-23H. The van der Waals surface area contributed by atoms with Gasteiger partial charge in [0, 0.05) is 0 Å². The molecule has 0 aromatic heterocycles. The highest BCUT2D eigenvalue weighted by atomic mass is 32.2. The number of rotatable bonds is 3. The van der Waals surface area contributed by atoms with Crippen LogP contribution in [-0.4, -0.2) is 5.11 Å². The Hall–Kier alpha value is -2.40. The minimum atomic E-state index is -1.18. The van der Waals surface area contributed by atoms with Crippen molar-refractivity contribution in [2.24, 2.45) is 0 Å². The summed E-state index contributed by atoms with van der Waals surface area (Å²) in [7, 11) is -1.18. The van der Waals surface area contributed by atoms with Crippen molar-refractivity contribution in [1.29, 1.82) is 0 Å². The van der Waals surface area contributed by atoms with Gasteiger partial charge >= 0.3 is 0 Å². The van der Waals surface area contributed by atoms with Crippen LogP contribution in [0.25, 0.3) is 0 Å². The summed E-state index contributed by atoms with van der Waals surface area (Å²) in [5.74, 6) is -1.87. The number of hydrogen-bond acceptors (Lipinski definition) is 1. The van der Waals surface area contributed by atoms with Crippen molar-refractivity contribution in [3.05, 3.63) is 84.2 Å². The zero-order valence-corrected chi connectivity index (χ0v) is 12.8. The fourth-order valence-corrected chi connectivity index (χ4v) is 4.52. The molecule has 0 heterocycles. The summed E-state index contributed by atoms with van der Waals surface area (Å²) >= 11 is 0. The Morgan fingerprint density at radius 1 is 0.609 bits per heavy atom. The highest BCUT2D eigenvalue weighted by Crippen LogP contribution is 2.51. The van der Waals surface area contributed by atoms with Gasteiger partial charge in [0.2, 0.25) is 0 Å². The van der Waals surface area contributed by atoms with Crippen LogP contribution in [0.5, 0.6) is 5.75 Å². The second-order valence-corrected chi connectivity index (χ2v) is 7.14. The third-order valence-corrected chi connectivity index (χ3v) is 5.78. The number of benzene rings is 3. The number of phenolic OH excluding ortho intramolecular Hbond substituents is 1. The molecule has 0 unspecified atom stereocenters. The Bertz CT molecular complexity index is 771. The molecule has 1 nitrogen and oxygen atoms in total. The minimum Gasteiger partial charge on any atom is -0.505 e. The summed E-state index contributed by atoms with van der Waals surface area (Å²) in [4.78, 5) is 2.25. The van der Waals surface area contributed by atoms with E-state index in [4.69, 9.17) is 0 Å². The van der Waals surface area contributed by atoms with Crippen molar-refractivity contribution < 1.29 is 18.3 Å². The molecule has 0 radical (unpaired) electrons. The largest absolute Gasteiger partial charge is 0.505 e. The van der Waals surface area contributed by atoms with Crippen molar-refractivity contribution in [2.45, 2.75) is 14.7 Å². The molecule has 0 saturated carbocycles. The lowest BCUT2D eigenvalue weighted by Gasteiger charge is -2.23. The average molecular weight is 334 g/mol. The van der Waals surface area contributed by atoms with Crippen LogP contribution in [-0.2, 0) is 0 Å². The van der Waals surface area contributed by atoms with Gasteiger partial charge in [0.05, 0.1) is 0 Å². The molecule has 3 rings (SSSR count). The molecule has 23 heavy (non-hydrogen) atoms. The lowest BCUT2D eigenvalue weighted by Crippen LogP contribution is -1.90. The first-order valence-corrected chi connectivity index (χ1v) is 8.18. The van der Waals surface area contributed by atoms with Gasteiger partial charge in [0.1, 0.15) is 11.6 Å². The van der Waals surface area contributed by atoms with Gasteiger partial charge in [0.25, 0.3) is 0 Å². The van der Waals surface area contributed by atoms with Gasteiger partial charge in [-0.1, -0.05) is 0 Å². The van der Waals surface area contributed by atoms with E-state index in [1.165, 1.54) is 36.4 Å². The molecule has 0 saturated heterocycles. The lowest BCUT2D eigenvalue weighted by molar-refractivity contribution is 0.431. The van der Waals surface area contributed by atoms with E-state index >= 15 is 0 Å². The van der Waals surface area contributed by atoms with Gasteiger partial charge in [-0.05, 0) is 81.4 Å². The molecular weight excluding hydrogens is 321 g/mol. The zero-order valence-electron chi connectivity index (χ0n) is 11.9. The molecule has 3 aromatic rings. The average Bonchev–Trinajstić information content (AvgIpc) is 2.55. The van der Waals surface area contributed by atoms with Gasteiger partial charge < -0.3 is 5.11 Å². The van der Waals surface area contributed by atoms with Crippen molar-refractivity contribution in [3.8, 4) is 5.75 Å². The van der Waals surface area contributed by atoms with Crippen molar-refractivity contribution in [2.75, 3.05) is 0 Å². The van der Waals surface area contributed by atoms with Crippen LogP contribution >= 0.6 is 10.9 Å². The fourth-order valence-electron chi connectivity index (χ4n) is 2.26. The number of hydrogen-bond donors (Lipinski definition) is 2. The SMILES string of the molecule is Oc1ccc([SH](c2ccc(F)cc2)c2ccc(F)cc2)cc1F. The molecule has 0 amide bonds. The smallest absolute Gasteiger partial charge is 0.165 e. The highest BCUT2D eigenvalue weighted by Gasteiger charge is 2.15. The number of halogens is 3. The van der Waals surface area contributed by atoms with E-state index in [-0.39, 0.29) is 11.6 Å². The van der Waals surface area contributed by atoms with E-state index < -0.39 is 22.5 Å². The van der Waals surface area contributed by atoms with Crippen LogP contribution in [0.15, 0.2) is 81.4 Å².